The van der Waals surface area contributed by atoms with Crippen molar-refractivity contribution in [2.45, 2.75) is 81.6 Å². The molecule has 0 spiro atoms. The van der Waals surface area contributed by atoms with Crippen molar-refractivity contribution in [3.05, 3.63) is 71.1 Å². The number of carbonyl (C=O) groups is 3. The molecule has 6 aliphatic rings. The lowest BCUT2D eigenvalue weighted by Gasteiger charge is -2.53. The molecule has 5 aromatic heterocycles. The predicted molar refractivity (Wildman–Crippen MR) is 219 cm³/mol. The molecule has 6 fully saturated rings. The number of hydrogen-bond donors (Lipinski definition) is 2. The van der Waals surface area contributed by atoms with Crippen LogP contribution in [0.3, 0.4) is 0 Å². The van der Waals surface area contributed by atoms with E-state index in [4.69, 9.17) is 19.9 Å². The van der Waals surface area contributed by atoms with Crippen LogP contribution < -0.4 is 15.5 Å². The molecule has 2 bridgehead atoms. The zero-order valence-electron chi connectivity index (χ0n) is 32.7. The van der Waals surface area contributed by atoms with Gasteiger partial charge < -0.3 is 19.9 Å². The van der Waals surface area contributed by atoms with Crippen molar-refractivity contribution in [3.63, 3.8) is 0 Å². The third-order valence-electron chi connectivity index (χ3n) is 13.5. The monoisotopic (exact) mass is 811 g/mol. The summed E-state index contributed by atoms with van der Waals surface area (Å²) < 4.78 is 7.46. The molecule has 3 aliphatic heterocycles. The van der Waals surface area contributed by atoms with E-state index in [1.807, 2.05) is 41.0 Å². The van der Waals surface area contributed by atoms with E-state index >= 15 is 0 Å². The Morgan fingerprint density at radius 3 is 2.44 bits per heavy atom. The summed E-state index contributed by atoms with van der Waals surface area (Å²) in [5, 5.41) is 31.6. The van der Waals surface area contributed by atoms with Crippen molar-refractivity contribution < 1.29 is 19.1 Å². The molecule has 3 aliphatic carbocycles. The van der Waals surface area contributed by atoms with E-state index in [1.54, 1.807) is 23.7 Å². The maximum absolute atomic E-state index is 14.3. The van der Waals surface area contributed by atoms with Gasteiger partial charge in [0.1, 0.15) is 16.9 Å². The molecule has 3 saturated carbocycles. The van der Waals surface area contributed by atoms with Crippen LogP contribution in [0.4, 0.5) is 11.5 Å². The number of nitriles is 1. The molecular weight excluding hydrogens is 767 g/mol. The van der Waals surface area contributed by atoms with Gasteiger partial charge in [0, 0.05) is 80.8 Å². The average molecular weight is 812 g/mol. The summed E-state index contributed by atoms with van der Waals surface area (Å²) >= 11 is 1.65. The molecule has 59 heavy (non-hydrogen) atoms. The molecule has 8 heterocycles. The summed E-state index contributed by atoms with van der Waals surface area (Å²) in [5.74, 6) is 0.287. The highest BCUT2D eigenvalue weighted by Crippen LogP contribution is 2.59. The first-order valence-corrected chi connectivity index (χ1v) is 21.5. The topological polar surface area (TPSA) is 184 Å². The first-order chi connectivity index (χ1) is 28.8. The quantitative estimate of drug-likeness (QED) is 0.195. The fourth-order valence-electron chi connectivity index (χ4n) is 9.85. The molecule has 0 radical (unpaired) electrons. The fourth-order valence-corrected chi connectivity index (χ4v) is 11.0. The van der Waals surface area contributed by atoms with Gasteiger partial charge in [0.25, 0.3) is 0 Å². The van der Waals surface area contributed by atoms with Gasteiger partial charge in [-0.3, -0.25) is 24.7 Å². The highest BCUT2D eigenvalue weighted by molar-refractivity contribution is 7.14. The zero-order chi connectivity index (χ0) is 40.1. The minimum atomic E-state index is -0.355. The Morgan fingerprint density at radius 2 is 1.71 bits per heavy atom. The number of hydrogen-bond acceptors (Lipinski definition) is 13. The second-order valence-corrected chi connectivity index (χ2v) is 17.7. The van der Waals surface area contributed by atoms with E-state index in [0.717, 1.165) is 101 Å². The van der Waals surface area contributed by atoms with Crippen LogP contribution in [-0.2, 0) is 24.5 Å². The number of anilines is 2. The van der Waals surface area contributed by atoms with E-state index in [0.29, 0.717) is 57.8 Å². The molecule has 302 valence electrons. The summed E-state index contributed by atoms with van der Waals surface area (Å²) in [7, 11) is 0. The van der Waals surface area contributed by atoms with E-state index in [-0.39, 0.29) is 40.5 Å². The van der Waals surface area contributed by atoms with Gasteiger partial charge >= 0.3 is 0 Å². The number of nitrogens with one attached hydrogen (secondary N) is 2. The van der Waals surface area contributed by atoms with Gasteiger partial charge in [-0.1, -0.05) is 17.4 Å². The maximum atomic E-state index is 14.3. The van der Waals surface area contributed by atoms with Crippen LogP contribution in [0.15, 0.2) is 55.0 Å². The summed E-state index contributed by atoms with van der Waals surface area (Å²) in [6.07, 6.45) is 13.2. The summed E-state index contributed by atoms with van der Waals surface area (Å²) in [6, 6.07) is 14.1. The number of carbonyl (C=O) groups excluding carboxylic acids is 3. The third-order valence-corrected chi connectivity index (χ3v) is 14.7. The molecule has 3 saturated heterocycles. The Morgan fingerprint density at radius 1 is 0.915 bits per heavy atom. The third kappa shape index (κ3) is 6.89. The number of pyridine rings is 2. The van der Waals surface area contributed by atoms with Gasteiger partial charge in [-0.05, 0) is 93.7 Å². The molecule has 15 nitrogen and oxygen atoms in total. The Kier molecular flexibility index (Phi) is 9.59. The van der Waals surface area contributed by atoms with Crippen molar-refractivity contribution in [1.29, 1.82) is 5.26 Å². The minimum absolute atomic E-state index is 0.0806. The van der Waals surface area contributed by atoms with Gasteiger partial charge in [-0.25, -0.2) is 9.50 Å². The average Bonchev–Trinajstić information content (AvgIpc) is 3.96. The van der Waals surface area contributed by atoms with Crippen LogP contribution in [0.2, 0.25) is 0 Å². The number of imide groups is 1. The Hall–Kier alpha value is -5.79. The molecule has 16 heteroatoms. The lowest BCUT2D eigenvalue weighted by Crippen LogP contribution is -2.57. The highest BCUT2D eigenvalue weighted by Gasteiger charge is 2.55. The first kappa shape index (κ1) is 37.5. The van der Waals surface area contributed by atoms with Crippen molar-refractivity contribution in [2.24, 2.45) is 5.41 Å². The molecule has 1 atom stereocenters. The van der Waals surface area contributed by atoms with Crippen LogP contribution in [0.25, 0.3) is 27.5 Å². The summed E-state index contributed by atoms with van der Waals surface area (Å²) in [6.45, 7) is 4.14. The first-order valence-electron chi connectivity index (χ1n) is 20.7. The number of ether oxygens (including phenoxy) is 1. The second kappa shape index (κ2) is 15.1. The highest BCUT2D eigenvalue weighted by atomic mass is 32.1. The van der Waals surface area contributed by atoms with Crippen LogP contribution in [0.1, 0.15) is 86.3 Å². The number of piperidine rings is 1. The van der Waals surface area contributed by atoms with Crippen LogP contribution in [-0.4, -0.2) is 97.8 Å². The van der Waals surface area contributed by atoms with Crippen molar-refractivity contribution in [3.8, 4) is 28.0 Å². The number of aromatic nitrogens is 6. The van der Waals surface area contributed by atoms with Crippen molar-refractivity contribution >= 4 is 46.1 Å². The van der Waals surface area contributed by atoms with Crippen LogP contribution in [0, 0.1) is 16.7 Å². The molecule has 3 amide bonds. The molecule has 0 aromatic carbocycles. The predicted octanol–water partition coefficient (Wildman–Crippen LogP) is 5.23. The van der Waals surface area contributed by atoms with Crippen molar-refractivity contribution in [2.75, 3.05) is 49.6 Å². The van der Waals surface area contributed by atoms with E-state index in [2.05, 4.69) is 42.7 Å². The largest absolute Gasteiger partial charge is 0.381 e. The maximum Gasteiger partial charge on any atom is 0.234 e. The van der Waals surface area contributed by atoms with E-state index in [1.165, 1.54) is 0 Å². The number of nitrogens with zero attached hydrogens (tertiary/aromatic N) is 9. The van der Waals surface area contributed by atoms with Gasteiger partial charge in [0.2, 0.25) is 17.7 Å². The van der Waals surface area contributed by atoms with E-state index < -0.39 is 0 Å². The SMILES string of the molecule is N#Cc1cnn2c(-c3cc(NC4CCOCC4)c(-c4nnc(C56CCC(C(=O)N7CCN(c8ccc([C@@H]9CCC(=O)NC9=O)cn8)CC7)(CC5)CC6)s4)cn3)ccc2c1. The van der Waals surface area contributed by atoms with Crippen LogP contribution in [0.5, 0.6) is 0 Å². The Labute approximate surface area is 345 Å². The number of rotatable bonds is 8. The van der Waals surface area contributed by atoms with Gasteiger partial charge in [-0.2, -0.15) is 10.4 Å². The molecular formula is C43H45N11O4S. The van der Waals surface area contributed by atoms with Gasteiger partial charge in [0.05, 0.1) is 40.1 Å². The van der Waals surface area contributed by atoms with Crippen molar-refractivity contribution in [1.82, 2.24) is 40.0 Å². The van der Waals surface area contributed by atoms with Gasteiger partial charge in [0.15, 0.2) is 5.01 Å². The minimum Gasteiger partial charge on any atom is -0.381 e. The molecule has 0 unspecified atom stereocenters. The normalized spacial score (nSPS) is 24.9. The lowest BCUT2D eigenvalue weighted by molar-refractivity contribution is -0.149. The molecule has 11 rings (SSSR count). The van der Waals surface area contributed by atoms with Gasteiger partial charge in [-0.15, -0.1) is 10.2 Å². The lowest BCUT2D eigenvalue weighted by atomic mass is 9.53. The Bertz CT molecular complexity index is 2450. The number of fused-ring (bicyclic) bond motifs is 4. The number of amides is 3. The summed E-state index contributed by atoms with van der Waals surface area (Å²) in [4.78, 5) is 52.0. The second-order valence-electron chi connectivity index (χ2n) is 16.8. The molecule has 5 aromatic rings. The molecule has 2 N–H and O–H groups in total. The fraction of sp³-hybridized carbons (Fsp3) is 0.465. The zero-order valence-corrected chi connectivity index (χ0v) is 33.5. The van der Waals surface area contributed by atoms with E-state index in [9.17, 15) is 19.6 Å². The smallest absolute Gasteiger partial charge is 0.234 e. The summed E-state index contributed by atoms with van der Waals surface area (Å²) in [5.41, 5.74) is 5.21. The number of piperazine rings is 1. The standard InChI is InChI=1S/C43H45N11O4S/c44-23-27-21-30-2-4-35(54(30)47-24-27)34-22-33(48-29-7-19-58-20-8-29)32(26-45-34)39-50-51-40(59-39)42-9-12-43(13-10-42,14-11-42)41(57)53-17-15-52(16-18-53)36-5-1-28(25-46-36)31-3-6-37(55)49-38(31)56/h1-2,4-5,21-22,24-26,29,31H,3,6-20H2,(H,45,48)(H,49,55,56)/t31-,42?,43?/m0/s1. The Balaban J connectivity index is 0.811. The van der Waals surface area contributed by atoms with Crippen LogP contribution >= 0.6 is 11.3 Å².